The Morgan fingerprint density at radius 2 is 2.06 bits per heavy atom. The van der Waals surface area contributed by atoms with Gasteiger partial charge in [0, 0.05) is 45.8 Å². The lowest BCUT2D eigenvalue weighted by molar-refractivity contribution is -0.133. The van der Waals surface area contributed by atoms with Crippen molar-refractivity contribution >= 4 is 5.91 Å². The third-order valence-corrected chi connectivity index (χ3v) is 3.28. The van der Waals surface area contributed by atoms with Gasteiger partial charge in [-0.15, -0.1) is 0 Å². The van der Waals surface area contributed by atoms with Gasteiger partial charge in [-0.05, 0) is 20.3 Å². The normalized spacial score (nSPS) is 18.4. The van der Waals surface area contributed by atoms with Gasteiger partial charge in [0.05, 0.1) is 12.1 Å². The number of rotatable bonds is 6. The highest BCUT2D eigenvalue weighted by Gasteiger charge is 2.23. The molecule has 1 atom stereocenters. The highest BCUT2D eigenvalue weighted by Crippen LogP contribution is 2.08. The van der Waals surface area contributed by atoms with Crippen LogP contribution in [0.15, 0.2) is 0 Å². The Morgan fingerprint density at radius 1 is 1.39 bits per heavy atom. The quantitative estimate of drug-likeness (QED) is 0.659. The molecule has 1 rings (SSSR count). The Bertz CT molecular complexity index is 293. The number of hydrogen-bond donors (Lipinski definition) is 0. The number of nitriles is 1. The van der Waals surface area contributed by atoms with E-state index < -0.39 is 0 Å². The molecular weight excluding hydrogens is 230 g/mol. The van der Waals surface area contributed by atoms with Crippen LogP contribution in [-0.4, -0.2) is 61.1 Å². The molecule has 0 aromatic rings. The van der Waals surface area contributed by atoms with Crippen molar-refractivity contribution in [2.24, 2.45) is 0 Å². The molecule has 5 nitrogen and oxygen atoms in total. The molecule has 1 aliphatic rings. The second kappa shape index (κ2) is 8.06. The fraction of sp³-hybridized carbons (Fsp3) is 0.846. The van der Waals surface area contributed by atoms with Gasteiger partial charge in [0.25, 0.3) is 0 Å². The zero-order chi connectivity index (χ0) is 13.4. The summed E-state index contributed by atoms with van der Waals surface area (Å²) in [6.07, 6.45) is 1.36. The molecule has 0 radical (unpaired) electrons. The van der Waals surface area contributed by atoms with E-state index in [-0.39, 0.29) is 11.9 Å². The zero-order valence-corrected chi connectivity index (χ0v) is 11.4. The predicted molar refractivity (Wildman–Crippen MR) is 69.0 cm³/mol. The van der Waals surface area contributed by atoms with Crippen molar-refractivity contribution in [1.29, 1.82) is 5.26 Å². The minimum Gasteiger partial charge on any atom is -0.382 e. The number of carbonyl (C=O) groups excluding carboxylic acids is 1. The second-order valence-corrected chi connectivity index (χ2v) is 4.52. The van der Waals surface area contributed by atoms with Crippen LogP contribution < -0.4 is 0 Å². The summed E-state index contributed by atoms with van der Waals surface area (Å²) in [5, 5.41) is 8.84. The van der Waals surface area contributed by atoms with Gasteiger partial charge in [-0.1, -0.05) is 0 Å². The van der Waals surface area contributed by atoms with Crippen LogP contribution in [0.4, 0.5) is 0 Å². The standard InChI is InChI=1S/C13H23N3O2/c1-3-18-10-4-5-13(17)16-8-6-15(7-9-16)12(2)11-14/h12H,3-10H2,1-2H3. The number of nitrogens with zero attached hydrogens (tertiary/aromatic N) is 3. The van der Waals surface area contributed by atoms with Crippen molar-refractivity contribution in [1.82, 2.24) is 9.80 Å². The fourth-order valence-corrected chi connectivity index (χ4v) is 2.07. The topological polar surface area (TPSA) is 56.6 Å². The van der Waals surface area contributed by atoms with Crippen LogP contribution in [-0.2, 0) is 9.53 Å². The van der Waals surface area contributed by atoms with Crippen LogP contribution in [0.1, 0.15) is 26.7 Å². The first kappa shape index (κ1) is 14.9. The monoisotopic (exact) mass is 253 g/mol. The van der Waals surface area contributed by atoms with E-state index in [1.807, 2.05) is 18.7 Å². The van der Waals surface area contributed by atoms with Crippen molar-refractivity contribution < 1.29 is 9.53 Å². The van der Waals surface area contributed by atoms with Crippen molar-refractivity contribution in [2.75, 3.05) is 39.4 Å². The molecule has 102 valence electrons. The first-order valence-corrected chi connectivity index (χ1v) is 6.68. The first-order valence-electron chi connectivity index (χ1n) is 6.68. The van der Waals surface area contributed by atoms with Crippen LogP contribution in [0, 0.1) is 11.3 Å². The summed E-state index contributed by atoms with van der Waals surface area (Å²) < 4.78 is 5.22. The Balaban J connectivity index is 2.22. The van der Waals surface area contributed by atoms with E-state index in [1.54, 1.807) is 0 Å². The van der Waals surface area contributed by atoms with Gasteiger partial charge in [-0.2, -0.15) is 5.26 Å². The van der Waals surface area contributed by atoms with E-state index in [2.05, 4.69) is 11.0 Å². The van der Waals surface area contributed by atoms with E-state index in [1.165, 1.54) is 0 Å². The molecular formula is C13H23N3O2. The van der Waals surface area contributed by atoms with Gasteiger partial charge >= 0.3 is 0 Å². The largest absolute Gasteiger partial charge is 0.382 e. The average molecular weight is 253 g/mol. The van der Waals surface area contributed by atoms with Crippen molar-refractivity contribution in [3.05, 3.63) is 0 Å². The molecule has 1 unspecified atom stereocenters. The lowest BCUT2D eigenvalue weighted by Gasteiger charge is -2.35. The summed E-state index contributed by atoms with van der Waals surface area (Å²) in [5.74, 6) is 0.207. The number of amides is 1. The molecule has 0 N–H and O–H groups in total. The highest BCUT2D eigenvalue weighted by molar-refractivity contribution is 5.76. The van der Waals surface area contributed by atoms with Gasteiger partial charge in [-0.25, -0.2) is 0 Å². The molecule has 0 aromatic heterocycles. The van der Waals surface area contributed by atoms with Crippen LogP contribution in [0.3, 0.4) is 0 Å². The van der Waals surface area contributed by atoms with Crippen molar-refractivity contribution in [2.45, 2.75) is 32.7 Å². The Labute approximate surface area is 109 Å². The third kappa shape index (κ3) is 4.63. The van der Waals surface area contributed by atoms with Crippen LogP contribution >= 0.6 is 0 Å². The zero-order valence-electron chi connectivity index (χ0n) is 11.4. The SMILES string of the molecule is CCOCCCC(=O)N1CCN(C(C)C#N)CC1. The summed E-state index contributed by atoms with van der Waals surface area (Å²) in [7, 11) is 0. The van der Waals surface area contributed by atoms with Gasteiger partial charge in [0.1, 0.15) is 0 Å². The first-order chi connectivity index (χ1) is 8.69. The number of hydrogen-bond acceptors (Lipinski definition) is 4. The van der Waals surface area contributed by atoms with Gasteiger partial charge in [0.2, 0.25) is 5.91 Å². The maximum absolute atomic E-state index is 11.9. The third-order valence-electron chi connectivity index (χ3n) is 3.28. The molecule has 1 aliphatic heterocycles. The molecule has 5 heteroatoms. The smallest absolute Gasteiger partial charge is 0.222 e. The van der Waals surface area contributed by atoms with E-state index in [4.69, 9.17) is 10.00 Å². The molecule has 18 heavy (non-hydrogen) atoms. The van der Waals surface area contributed by atoms with E-state index >= 15 is 0 Å². The second-order valence-electron chi connectivity index (χ2n) is 4.52. The van der Waals surface area contributed by atoms with Crippen LogP contribution in [0.5, 0.6) is 0 Å². The minimum atomic E-state index is -0.0554. The molecule has 0 spiro atoms. The molecule has 0 bridgehead atoms. The molecule has 1 fully saturated rings. The fourth-order valence-electron chi connectivity index (χ4n) is 2.07. The summed E-state index contributed by atoms with van der Waals surface area (Å²) in [6.45, 7) is 8.29. The summed E-state index contributed by atoms with van der Waals surface area (Å²) in [5.41, 5.74) is 0. The summed E-state index contributed by atoms with van der Waals surface area (Å²) in [4.78, 5) is 15.9. The van der Waals surface area contributed by atoms with E-state index in [9.17, 15) is 4.79 Å². The van der Waals surface area contributed by atoms with E-state index in [0.29, 0.717) is 19.6 Å². The molecule has 0 saturated carbocycles. The van der Waals surface area contributed by atoms with Crippen molar-refractivity contribution in [3.8, 4) is 6.07 Å². The number of piperazine rings is 1. The molecule has 0 aliphatic carbocycles. The van der Waals surface area contributed by atoms with Gasteiger partial charge < -0.3 is 9.64 Å². The maximum Gasteiger partial charge on any atom is 0.222 e. The number of ether oxygens (including phenoxy) is 1. The molecule has 0 aromatic carbocycles. The summed E-state index contributed by atoms with van der Waals surface area (Å²) in [6, 6.07) is 2.18. The molecule has 1 amide bonds. The Morgan fingerprint density at radius 3 is 2.61 bits per heavy atom. The lowest BCUT2D eigenvalue weighted by atomic mass is 10.2. The van der Waals surface area contributed by atoms with Gasteiger partial charge in [-0.3, -0.25) is 9.69 Å². The summed E-state index contributed by atoms with van der Waals surface area (Å²) >= 11 is 0. The van der Waals surface area contributed by atoms with E-state index in [0.717, 1.165) is 32.6 Å². The van der Waals surface area contributed by atoms with Crippen LogP contribution in [0.2, 0.25) is 0 Å². The predicted octanol–water partition coefficient (Wildman–Crippen LogP) is 0.859. The number of carbonyl (C=O) groups is 1. The minimum absolute atomic E-state index is 0.0554. The van der Waals surface area contributed by atoms with Crippen LogP contribution in [0.25, 0.3) is 0 Å². The highest BCUT2D eigenvalue weighted by atomic mass is 16.5. The maximum atomic E-state index is 11.9. The Kier molecular flexibility index (Phi) is 6.69. The Hall–Kier alpha value is -1.12. The van der Waals surface area contributed by atoms with Crippen molar-refractivity contribution in [3.63, 3.8) is 0 Å². The van der Waals surface area contributed by atoms with Gasteiger partial charge in [0.15, 0.2) is 0 Å². The lowest BCUT2D eigenvalue weighted by Crippen LogP contribution is -2.51. The average Bonchev–Trinajstić information content (AvgIpc) is 2.42. The molecule has 1 saturated heterocycles. The molecule has 1 heterocycles.